The molecule has 0 aliphatic carbocycles. The average molecular weight is 132 g/mol. The van der Waals surface area contributed by atoms with Gasteiger partial charge in [-0.05, 0) is 0 Å². The normalized spacial score (nSPS) is 8.80. The Morgan fingerprint density at radius 1 is 1.80 bits per heavy atom. The Balaban J connectivity index is 2.91. The molecule has 1 aromatic heterocycles. The average Bonchev–Trinajstić information content (AvgIpc) is 1.94. The van der Waals surface area contributed by atoms with Crippen LogP contribution >= 0.6 is 0 Å². The van der Waals surface area contributed by atoms with Gasteiger partial charge in [0.2, 0.25) is 0 Å². The van der Waals surface area contributed by atoms with E-state index in [-0.39, 0.29) is 0 Å². The van der Waals surface area contributed by atoms with Crippen LogP contribution in [0.25, 0.3) is 0 Å². The Hall–Kier alpha value is -1.12. The van der Waals surface area contributed by atoms with Crippen LogP contribution in [0.3, 0.4) is 0 Å². The Kier molecular flexibility index (Phi) is 2.21. The summed E-state index contributed by atoms with van der Waals surface area (Å²) in [6.45, 7) is 3.61. The van der Waals surface area contributed by atoms with Crippen molar-refractivity contribution in [1.29, 1.82) is 0 Å². The molecule has 10 heavy (non-hydrogen) atoms. The SMILES string of the molecule is C=CCc1ccbnc1N. The van der Waals surface area contributed by atoms with Gasteiger partial charge >= 0.3 is 60.2 Å². The number of hydrogen-bond acceptors (Lipinski definition) is 2. The molecule has 0 aliphatic heterocycles. The van der Waals surface area contributed by atoms with E-state index in [0.29, 0.717) is 5.82 Å². The number of allylic oxidation sites excluding steroid dienone is 1. The van der Waals surface area contributed by atoms with Crippen LogP contribution in [0.1, 0.15) is 5.56 Å². The summed E-state index contributed by atoms with van der Waals surface area (Å²) in [7, 11) is 1.68. The monoisotopic (exact) mass is 132 g/mol. The molecule has 0 aliphatic rings. The summed E-state index contributed by atoms with van der Waals surface area (Å²) in [5.41, 5.74) is 6.59. The van der Waals surface area contributed by atoms with Crippen LogP contribution in [0, 0.1) is 0 Å². The van der Waals surface area contributed by atoms with Crippen LogP contribution in [-0.4, -0.2) is 11.9 Å². The van der Waals surface area contributed by atoms with Gasteiger partial charge in [-0.2, -0.15) is 0 Å². The van der Waals surface area contributed by atoms with E-state index in [4.69, 9.17) is 5.73 Å². The zero-order valence-electron chi connectivity index (χ0n) is 5.75. The third-order valence-corrected chi connectivity index (χ3v) is 1.29. The van der Waals surface area contributed by atoms with E-state index in [0.717, 1.165) is 12.0 Å². The Bertz CT molecular complexity index is 235. The van der Waals surface area contributed by atoms with E-state index in [1.165, 1.54) is 0 Å². The molecule has 0 atom stereocenters. The molecule has 2 N–H and O–H groups in total. The summed E-state index contributed by atoms with van der Waals surface area (Å²) in [6, 6.07) is 1.95. The van der Waals surface area contributed by atoms with Gasteiger partial charge in [-0.15, -0.1) is 0 Å². The van der Waals surface area contributed by atoms with Gasteiger partial charge in [-0.25, -0.2) is 0 Å². The van der Waals surface area contributed by atoms with Crippen LogP contribution in [0.4, 0.5) is 5.82 Å². The molecule has 0 fully saturated rings. The van der Waals surface area contributed by atoms with Crippen molar-refractivity contribution in [1.82, 2.24) is 4.89 Å². The predicted octanol–water partition coefficient (Wildman–Crippen LogP) is 0.730. The standard InChI is InChI=1S/C7H9BN2/c1-2-3-6-4-5-8-10-7(6)9/h2,4-5H,1,3H2,(H2,9,10). The van der Waals surface area contributed by atoms with Gasteiger partial charge in [0, 0.05) is 0 Å². The number of nitrogens with zero attached hydrogens (tertiary/aromatic N) is 1. The summed E-state index contributed by atoms with van der Waals surface area (Å²) in [6.07, 6.45) is 2.60. The number of hydrogen-bond donors (Lipinski definition) is 1. The molecule has 0 radical (unpaired) electrons. The molecule has 0 amide bonds. The van der Waals surface area contributed by atoms with Crippen molar-refractivity contribution in [3.8, 4) is 0 Å². The van der Waals surface area contributed by atoms with Gasteiger partial charge in [0.1, 0.15) is 0 Å². The van der Waals surface area contributed by atoms with Gasteiger partial charge in [0.05, 0.1) is 0 Å². The first kappa shape index (κ1) is 7.00. The number of rotatable bonds is 2. The Morgan fingerprint density at radius 3 is 3.20 bits per heavy atom. The van der Waals surface area contributed by atoms with Crippen molar-refractivity contribution in [2.75, 3.05) is 5.73 Å². The minimum absolute atomic E-state index is 0.599. The molecule has 0 unspecified atom stereocenters. The van der Waals surface area contributed by atoms with Gasteiger partial charge in [-0.1, -0.05) is 0 Å². The molecule has 0 saturated heterocycles. The molecule has 1 heterocycles. The molecular formula is C7H9BN2. The van der Waals surface area contributed by atoms with Crippen LogP contribution in [0.15, 0.2) is 24.7 Å². The molecule has 1 aromatic rings. The van der Waals surface area contributed by atoms with E-state index in [1.54, 1.807) is 7.05 Å². The zero-order chi connectivity index (χ0) is 7.40. The molecule has 0 bridgehead atoms. The zero-order valence-corrected chi connectivity index (χ0v) is 5.75. The van der Waals surface area contributed by atoms with Gasteiger partial charge in [0.25, 0.3) is 0 Å². The van der Waals surface area contributed by atoms with Crippen molar-refractivity contribution >= 4 is 12.9 Å². The summed E-state index contributed by atoms with van der Waals surface area (Å²) in [4.78, 5) is 3.93. The van der Waals surface area contributed by atoms with Crippen LogP contribution in [-0.2, 0) is 6.42 Å². The number of aromatic nitrogens is 1. The van der Waals surface area contributed by atoms with Crippen LogP contribution < -0.4 is 5.73 Å². The summed E-state index contributed by atoms with van der Waals surface area (Å²) in [5.74, 6) is 2.47. The fourth-order valence-corrected chi connectivity index (χ4v) is 0.779. The van der Waals surface area contributed by atoms with Crippen molar-refractivity contribution in [3.63, 3.8) is 0 Å². The molecule has 0 spiro atoms. The van der Waals surface area contributed by atoms with E-state index < -0.39 is 0 Å². The van der Waals surface area contributed by atoms with Crippen molar-refractivity contribution < 1.29 is 0 Å². The van der Waals surface area contributed by atoms with Crippen LogP contribution in [0.5, 0.6) is 0 Å². The minimum atomic E-state index is 0.599. The molecule has 50 valence electrons. The summed E-state index contributed by atoms with van der Waals surface area (Å²) in [5, 5.41) is 0. The quantitative estimate of drug-likeness (QED) is 0.602. The van der Waals surface area contributed by atoms with Gasteiger partial charge in [-0.3, -0.25) is 0 Å². The third-order valence-electron chi connectivity index (χ3n) is 1.29. The Morgan fingerprint density at radius 2 is 2.60 bits per heavy atom. The summed E-state index contributed by atoms with van der Waals surface area (Å²) < 4.78 is 0. The Labute approximate surface area is 61.0 Å². The van der Waals surface area contributed by atoms with Crippen molar-refractivity contribution in [3.05, 3.63) is 30.2 Å². The topological polar surface area (TPSA) is 38.9 Å². The second kappa shape index (κ2) is 3.15. The molecule has 2 nitrogen and oxygen atoms in total. The van der Waals surface area contributed by atoms with E-state index in [9.17, 15) is 0 Å². The number of anilines is 1. The molecule has 3 heteroatoms. The van der Waals surface area contributed by atoms with Gasteiger partial charge in [0.15, 0.2) is 0 Å². The van der Waals surface area contributed by atoms with E-state index in [1.807, 2.05) is 18.1 Å². The second-order valence-corrected chi connectivity index (χ2v) is 2.04. The van der Waals surface area contributed by atoms with E-state index >= 15 is 0 Å². The predicted molar refractivity (Wildman–Crippen MR) is 43.9 cm³/mol. The molecular weight excluding hydrogens is 123 g/mol. The first-order valence-corrected chi connectivity index (χ1v) is 3.15. The maximum atomic E-state index is 5.55. The molecule has 0 saturated carbocycles. The van der Waals surface area contributed by atoms with Crippen molar-refractivity contribution in [2.24, 2.45) is 0 Å². The van der Waals surface area contributed by atoms with E-state index in [2.05, 4.69) is 11.5 Å². The summed E-state index contributed by atoms with van der Waals surface area (Å²) >= 11 is 0. The third kappa shape index (κ3) is 1.44. The first-order valence-electron chi connectivity index (χ1n) is 3.15. The molecule has 1 rings (SSSR count). The van der Waals surface area contributed by atoms with Crippen molar-refractivity contribution in [2.45, 2.75) is 6.42 Å². The fourth-order valence-electron chi connectivity index (χ4n) is 0.779. The maximum absolute atomic E-state index is 5.55. The number of nitrogens with two attached hydrogens (primary N) is 1. The van der Waals surface area contributed by atoms with Crippen LogP contribution in [0.2, 0.25) is 0 Å². The first-order chi connectivity index (χ1) is 4.84. The number of nitrogen functional groups attached to an aromatic ring is 1. The van der Waals surface area contributed by atoms with Gasteiger partial charge < -0.3 is 0 Å². The molecule has 0 aromatic carbocycles. The second-order valence-electron chi connectivity index (χ2n) is 2.04. The fraction of sp³-hybridized carbons (Fsp3) is 0.143.